The lowest BCUT2D eigenvalue weighted by Crippen LogP contribution is -2.13. The van der Waals surface area contributed by atoms with E-state index in [0.717, 1.165) is 11.3 Å². The molecule has 20 heavy (non-hydrogen) atoms. The van der Waals surface area contributed by atoms with Crippen molar-refractivity contribution in [1.29, 1.82) is 0 Å². The summed E-state index contributed by atoms with van der Waals surface area (Å²) in [6.07, 6.45) is -0.00251. The first-order valence-corrected chi connectivity index (χ1v) is 6.80. The molecule has 0 aromatic carbocycles. The summed E-state index contributed by atoms with van der Waals surface area (Å²) in [6, 6.07) is 0. The number of hydrogen-bond donors (Lipinski definition) is 1. The highest BCUT2D eigenvalue weighted by Gasteiger charge is 2.17. The van der Waals surface area contributed by atoms with E-state index in [1.807, 2.05) is 0 Å². The van der Waals surface area contributed by atoms with Gasteiger partial charge in [-0.2, -0.15) is 0 Å². The predicted octanol–water partition coefficient (Wildman–Crippen LogP) is 1.52. The van der Waals surface area contributed by atoms with Crippen molar-refractivity contribution in [2.45, 2.75) is 26.7 Å². The maximum atomic E-state index is 11.6. The lowest BCUT2D eigenvalue weighted by molar-refractivity contribution is -0.141. The molecule has 8 heteroatoms. The lowest BCUT2D eigenvalue weighted by atomic mass is 10.3. The van der Waals surface area contributed by atoms with Gasteiger partial charge in [-0.1, -0.05) is 11.3 Å². The number of aromatic nitrogens is 1. The van der Waals surface area contributed by atoms with E-state index in [-0.39, 0.29) is 25.4 Å². The van der Waals surface area contributed by atoms with Gasteiger partial charge in [-0.05, 0) is 13.8 Å². The number of esters is 2. The Bertz CT molecular complexity index is 512. The number of hydrogen-bond acceptors (Lipinski definition) is 7. The van der Waals surface area contributed by atoms with Gasteiger partial charge in [-0.25, -0.2) is 9.78 Å². The average Bonchev–Trinajstić information content (AvgIpc) is 2.77. The van der Waals surface area contributed by atoms with Gasteiger partial charge in [0.05, 0.1) is 25.8 Å². The molecule has 0 fully saturated rings. The zero-order chi connectivity index (χ0) is 15.1. The normalized spacial score (nSPS) is 9.95. The maximum Gasteiger partial charge on any atom is 0.350 e. The van der Waals surface area contributed by atoms with Gasteiger partial charge in [0.15, 0.2) is 5.13 Å². The average molecular weight is 300 g/mol. The summed E-state index contributed by atoms with van der Waals surface area (Å²) >= 11 is 1.04. The van der Waals surface area contributed by atoms with Gasteiger partial charge in [-0.3, -0.25) is 9.59 Å². The Balaban J connectivity index is 2.60. The predicted molar refractivity (Wildman–Crippen MR) is 72.7 cm³/mol. The van der Waals surface area contributed by atoms with Crippen LogP contribution in [0.3, 0.4) is 0 Å². The number of anilines is 1. The van der Waals surface area contributed by atoms with Gasteiger partial charge < -0.3 is 14.8 Å². The first kappa shape index (κ1) is 16.1. The van der Waals surface area contributed by atoms with Crippen LogP contribution in [0.1, 0.15) is 35.1 Å². The standard InChI is InChI=1S/C12H16N2O5S/c1-4-19-11(17)10-7(2)13-12(20-10)14-8(15)5-6-9(16)18-3/h4-6H2,1-3H3,(H,13,14,15). The highest BCUT2D eigenvalue weighted by Crippen LogP contribution is 2.23. The molecule has 1 aromatic rings. The highest BCUT2D eigenvalue weighted by atomic mass is 32.1. The van der Waals surface area contributed by atoms with Gasteiger partial charge >= 0.3 is 11.9 Å². The molecule has 0 saturated carbocycles. The molecule has 0 aliphatic carbocycles. The summed E-state index contributed by atoms with van der Waals surface area (Å²) < 4.78 is 9.32. The molecular weight excluding hydrogens is 284 g/mol. The van der Waals surface area contributed by atoms with Crippen molar-refractivity contribution >= 4 is 34.3 Å². The summed E-state index contributed by atoms with van der Waals surface area (Å²) in [4.78, 5) is 38.5. The number of carbonyl (C=O) groups is 3. The Hall–Kier alpha value is -1.96. The molecule has 1 rings (SSSR count). The van der Waals surface area contributed by atoms with E-state index in [9.17, 15) is 14.4 Å². The van der Waals surface area contributed by atoms with Crippen LogP contribution < -0.4 is 5.32 Å². The lowest BCUT2D eigenvalue weighted by Gasteiger charge is -2.00. The van der Waals surface area contributed by atoms with E-state index in [4.69, 9.17) is 4.74 Å². The monoisotopic (exact) mass is 300 g/mol. The fourth-order valence-electron chi connectivity index (χ4n) is 1.34. The Kier molecular flexibility index (Phi) is 6.10. The van der Waals surface area contributed by atoms with Gasteiger partial charge in [-0.15, -0.1) is 0 Å². The molecular formula is C12H16N2O5S. The van der Waals surface area contributed by atoms with E-state index in [2.05, 4.69) is 15.0 Å². The number of methoxy groups -OCH3 is 1. The van der Waals surface area contributed by atoms with Gasteiger partial charge in [0.2, 0.25) is 5.91 Å². The van der Waals surface area contributed by atoms with Crippen LogP contribution in [0, 0.1) is 6.92 Å². The van der Waals surface area contributed by atoms with Crippen LogP contribution in [0.25, 0.3) is 0 Å². The Morgan fingerprint density at radius 2 is 2.00 bits per heavy atom. The maximum absolute atomic E-state index is 11.6. The zero-order valence-electron chi connectivity index (χ0n) is 11.5. The molecule has 0 spiro atoms. The van der Waals surface area contributed by atoms with Crippen LogP contribution >= 0.6 is 11.3 Å². The van der Waals surface area contributed by atoms with Crippen LogP contribution in [0.4, 0.5) is 5.13 Å². The number of aryl methyl sites for hydroxylation is 1. The van der Waals surface area contributed by atoms with E-state index >= 15 is 0 Å². The summed E-state index contributed by atoms with van der Waals surface area (Å²) in [5, 5.41) is 2.84. The molecule has 0 aliphatic rings. The van der Waals surface area contributed by atoms with Crippen molar-refractivity contribution < 1.29 is 23.9 Å². The van der Waals surface area contributed by atoms with Crippen molar-refractivity contribution in [3.05, 3.63) is 10.6 Å². The number of nitrogens with one attached hydrogen (secondary N) is 1. The van der Waals surface area contributed by atoms with E-state index in [1.165, 1.54) is 7.11 Å². The number of nitrogens with zero attached hydrogens (tertiary/aromatic N) is 1. The molecule has 0 aliphatic heterocycles. The second-order valence-corrected chi connectivity index (χ2v) is 4.78. The molecule has 0 bridgehead atoms. The smallest absolute Gasteiger partial charge is 0.350 e. The number of rotatable bonds is 6. The molecule has 110 valence electrons. The third kappa shape index (κ3) is 4.61. The quantitative estimate of drug-likeness (QED) is 0.800. The first-order chi connectivity index (χ1) is 9.47. The second-order valence-electron chi connectivity index (χ2n) is 3.78. The van der Waals surface area contributed by atoms with Crippen molar-refractivity contribution in [2.75, 3.05) is 19.0 Å². The van der Waals surface area contributed by atoms with Crippen LogP contribution in [0.5, 0.6) is 0 Å². The second kappa shape index (κ2) is 7.59. The minimum atomic E-state index is -0.461. The van der Waals surface area contributed by atoms with E-state index < -0.39 is 11.9 Å². The van der Waals surface area contributed by atoms with Gasteiger partial charge in [0, 0.05) is 6.42 Å². The Labute approximate surface area is 120 Å². The minimum Gasteiger partial charge on any atom is -0.469 e. The molecule has 0 radical (unpaired) electrons. The van der Waals surface area contributed by atoms with Crippen molar-refractivity contribution in [1.82, 2.24) is 4.98 Å². The highest BCUT2D eigenvalue weighted by molar-refractivity contribution is 7.17. The topological polar surface area (TPSA) is 94.6 Å². The SMILES string of the molecule is CCOC(=O)c1sc(NC(=O)CCC(=O)OC)nc1C. The third-order valence-electron chi connectivity index (χ3n) is 2.29. The zero-order valence-corrected chi connectivity index (χ0v) is 12.3. The Morgan fingerprint density at radius 1 is 1.30 bits per heavy atom. The van der Waals surface area contributed by atoms with Crippen LogP contribution in [0.15, 0.2) is 0 Å². The summed E-state index contributed by atoms with van der Waals surface area (Å²) in [7, 11) is 1.26. The van der Waals surface area contributed by atoms with Crippen molar-refractivity contribution in [3.8, 4) is 0 Å². The largest absolute Gasteiger partial charge is 0.469 e. The number of carbonyl (C=O) groups excluding carboxylic acids is 3. The number of amides is 1. The summed E-state index contributed by atoms with van der Waals surface area (Å²) in [5.41, 5.74) is 0.497. The van der Waals surface area contributed by atoms with Crippen molar-refractivity contribution in [3.63, 3.8) is 0 Å². The van der Waals surface area contributed by atoms with Gasteiger partial charge in [0.25, 0.3) is 0 Å². The fraction of sp³-hybridized carbons (Fsp3) is 0.500. The summed E-state index contributed by atoms with van der Waals surface area (Å²) in [5.74, 6) is -1.28. The van der Waals surface area contributed by atoms with Gasteiger partial charge in [0.1, 0.15) is 4.88 Å². The minimum absolute atomic E-state index is 0.0000404. The van der Waals surface area contributed by atoms with E-state index in [1.54, 1.807) is 13.8 Å². The van der Waals surface area contributed by atoms with Crippen LogP contribution in [-0.2, 0) is 19.1 Å². The molecule has 1 amide bonds. The van der Waals surface area contributed by atoms with Crippen LogP contribution in [-0.4, -0.2) is 36.5 Å². The van der Waals surface area contributed by atoms with Crippen molar-refractivity contribution in [2.24, 2.45) is 0 Å². The fourth-order valence-corrected chi connectivity index (χ4v) is 2.21. The molecule has 1 N–H and O–H groups in total. The third-order valence-corrected chi connectivity index (χ3v) is 3.34. The van der Waals surface area contributed by atoms with Crippen LogP contribution in [0.2, 0.25) is 0 Å². The van der Waals surface area contributed by atoms with E-state index in [0.29, 0.717) is 15.7 Å². The Morgan fingerprint density at radius 3 is 2.60 bits per heavy atom. The molecule has 1 heterocycles. The molecule has 0 saturated heterocycles. The molecule has 0 unspecified atom stereocenters. The molecule has 1 aromatic heterocycles. The number of ether oxygens (including phenoxy) is 2. The number of thiazole rings is 1. The molecule has 0 atom stereocenters. The summed E-state index contributed by atoms with van der Waals surface area (Å²) in [6.45, 7) is 3.65. The molecule has 7 nitrogen and oxygen atoms in total. The first-order valence-electron chi connectivity index (χ1n) is 5.99.